The second-order valence-corrected chi connectivity index (χ2v) is 9.57. The van der Waals surface area contributed by atoms with E-state index < -0.39 is 0 Å². The largest absolute Gasteiger partial charge is 0.373 e. The summed E-state index contributed by atoms with van der Waals surface area (Å²) in [7, 11) is 0. The summed E-state index contributed by atoms with van der Waals surface area (Å²) in [4.78, 5) is 25.8. The molecule has 3 saturated carbocycles. The van der Waals surface area contributed by atoms with Gasteiger partial charge in [0.2, 0.25) is 5.91 Å². The topological polar surface area (TPSA) is 84.2 Å². The Morgan fingerprint density at radius 3 is 2.90 bits per heavy atom. The van der Waals surface area contributed by atoms with Gasteiger partial charge in [0.25, 0.3) is 0 Å². The van der Waals surface area contributed by atoms with Gasteiger partial charge in [-0.1, -0.05) is 31.5 Å². The summed E-state index contributed by atoms with van der Waals surface area (Å²) in [5, 5.41) is 6.76. The van der Waals surface area contributed by atoms with Crippen LogP contribution < -0.4 is 16.4 Å². The molecule has 1 aromatic carbocycles. The van der Waals surface area contributed by atoms with Crippen molar-refractivity contribution in [3.63, 3.8) is 0 Å². The van der Waals surface area contributed by atoms with E-state index in [0.717, 1.165) is 50.6 Å². The predicted molar refractivity (Wildman–Crippen MR) is 116 cm³/mol. The number of carbonyl (C=O) groups is 2. The lowest BCUT2D eigenvalue weighted by Gasteiger charge is -2.56. The number of nitrogens with two attached hydrogens (primary N) is 1. The summed E-state index contributed by atoms with van der Waals surface area (Å²) in [5.41, 5.74) is 9.05. The van der Waals surface area contributed by atoms with Crippen LogP contribution in [0.4, 0.5) is 5.69 Å². The highest BCUT2D eigenvalue weighted by Crippen LogP contribution is 2.58. The number of anilines is 1. The van der Waals surface area contributed by atoms with Gasteiger partial charge in [-0.25, -0.2) is 0 Å². The van der Waals surface area contributed by atoms with Crippen molar-refractivity contribution in [1.29, 1.82) is 0 Å². The van der Waals surface area contributed by atoms with Crippen LogP contribution in [0.2, 0.25) is 0 Å². The molecule has 5 nitrogen and oxygen atoms in total. The molecule has 1 amide bonds. The number of para-hydroxylation sites is 1. The van der Waals surface area contributed by atoms with E-state index in [1.807, 2.05) is 0 Å². The normalized spacial score (nSPS) is 32.9. The van der Waals surface area contributed by atoms with Gasteiger partial charge in [-0.05, 0) is 68.5 Å². The molecule has 4 N–H and O–H groups in total. The molecule has 5 rings (SSSR count). The Balaban J connectivity index is 1.34. The average Bonchev–Trinajstić information content (AvgIpc) is 3.13. The minimum absolute atomic E-state index is 0.110. The van der Waals surface area contributed by atoms with Crippen LogP contribution in [0.1, 0.15) is 63.0 Å². The maximum absolute atomic E-state index is 12.9. The van der Waals surface area contributed by atoms with Crippen molar-refractivity contribution in [2.45, 2.75) is 77.3 Å². The standard InChI is InChI=1S/C24H35N3O2/c1-15-6-3-7-17-13-20(27-22(15)17)23(29)26-19-8-4-10-24(21(28)9-5-11-25)14-18(12-19)16(24)2/h3,6-7,16,18-20,27H,4-5,8-14,25H2,1-2H3,(H,26,29)/t16?,18-,19-,20?,24?/m0/s1. The number of amides is 1. The van der Waals surface area contributed by atoms with E-state index in [9.17, 15) is 9.59 Å². The Bertz CT molecular complexity index is 788. The number of ketones is 1. The van der Waals surface area contributed by atoms with Crippen LogP contribution in [0.5, 0.6) is 0 Å². The maximum atomic E-state index is 12.9. The minimum atomic E-state index is -0.174. The van der Waals surface area contributed by atoms with Crippen molar-refractivity contribution in [3.8, 4) is 0 Å². The van der Waals surface area contributed by atoms with Gasteiger partial charge in [-0.2, -0.15) is 0 Å². The monoisotopic (exact) mass is 397 g/mol. The van der Waals surface area contributed by atoms with E-state index in [1.165, 1.54) is 11.1 Å². The number of rotatable bonds is 6. The molecule has 1 aromatic rings. The van der Waals surface area contributed by atoms with E-state index in [0.29, 0.717) is 30.6 Å². The van der Waals surface area contributed by atoms with Gasteiger partial charge >= 0.3 is 0 Å². The molecule has 5 heteroatoms. The summed E-state index contributed by atoms with van der Waals surface area (Å²) in [6.45, 7) is 4.92. The van der Waals surface area contributed by atoms with Crippen LogP contribution in [-0.4, -0.2) is 30.3 Å². The zero-order chi connectivity index (χ0) is 20.6. The lowest BCUT2D eigenvalue weighted by Crippen LogP contribution is -2.56. The summed E-state index contributed by atoms with van der Waals surface area (Å²) in [6, 6.07) is 6.30. The molecular formula is C24H35N3O2. The molecule has 4 aliphatic rings. The molecule has 0 spiro atoms. The fourth-order valence-electron chi connectivity index (χ4n) is 6.05. The molecule has 2 bridgehead atoms. The molecule has 0 saturated heterocycles. The molecule has 29 heavy (non-hydrogen) atoms. The number of Topliss-reactive ketones (excluding diaryl/α,β-unsaturated/α-hetero) is 1. The quantitative estimate of drug-likeness (QED) is 0.687. The highest BCUT2D eigenvalue weighted by molar-refractivity contribution is 5.88. The highest BCUT2D eigenvalue weighted by Gasteiger charge is 2.55. The van der Waals surface area contributed by atoms with Crippen molar-refractivity contribution in [2.75, 3.05) is 11.9 Å². The van der Waals surface area contributed by atoms with Crippen molar-refractivity contribution in [1.82, 2.24) is 5.32 Å². The molecule has 0 aromatic heterocycles. The van der Waals surface area contributed by atoms with Gasteiger partial charge < -0.3 is 16.4 Å². The summed E-state index contributed by atoms with van der Waals surface area (Å²) < 4.78 is 0. The lowest BCUT2D eigenvalue weighted by molar-refractivity contribution is -0.150. The van der Waals surface area contributed by atoms with Gasteiger partial charge in [-0.15, -0.1) is 0 Å². The molecule has 0 radical (unpaired) electrons. The number of aryl methyl sites for hydroxylation is 1. The molecule has 3 fully saturated rings. The number of carbonyl (C=O) groups excluding carboxylic acids is 2. The smallest absolute Gasteiger partial charge is 0.243 e. The second-order valence-electron chi connectivity index (χ2n) is 9.57. The number of nitrogens with one attached hydrogen (secondary N) is 2. The van der Waals surface area contributed by atoms with Crippen LogP contribution >= 0.6 is 0 Å². The van der Waals surface area contributed by atoms with Gasteiger partial charge in [0, 0.05) is 30.0 Å². The zero-order valence-electron chi connectivity index (χ0n) is 17.8. The minimum Gasteiger partial charge on any atom is -0.373 e. The van der Waals surface area contributed by atoms with Gasteiger partial charge in [0.15, 0.2) is 0 Å². The predicted octanol–water partition coefficient (Wildman–Crippen LogP) is 3.34. The SMILES string of the molecule is Cc1cccc2c1NC(C(=O)N[C@H]1CCCC3(C(=O)CCCN)C[C@H](C1)C3C)C2. The molecule has 1 heterocycles. The Hall–Kier alpha value is -1.88. The third-order valence-corrected chi connectivity index (χ3v) is 7.90. The number of hydrogen-bond acceptors (Lipinski definition) is 4. The molecular weight excluding hydrogens is 362 g/mol. The van der Waals surface area contributed by atoms with E-state index in [1.54, 1.807) is 0 Å². The van der Waals surface area contributed by atoms with Gasteiger partial charge in [0.1, 0.15) is 11.8 Å². The van der Waals surface area contributed by atoms with Crippen molar-refractivity contribution < 1.29 is 9.59 Å². The summed E-state index contributed by atoms with van der Waals surface area (Å²) in [5.74, 6) is 1.50. The first kappa shape index (κ1) is 20.4. The van der Waals surface area contributed by atoms with Gasteiger partial charge in [0.05, 0.1) is 0 Å². The fraction of sp³-hybridized carbons (Fsp3) is 0.667. The Kier molecular flexibility index (Phi) is 5.69. The molecule has 5 atom stereocenters. The first-order valence-electron chi connectivity index (χ1n) is 11.3. The first-order valence-corrected chi connectivity index (χ1v) is 11.3. The van der Waals surface area contributed by atoms with Crippen LogP contribution in [0, 0.1) is 24.2 Å². The molecule has 3 aliphatic carbocycles. The molecule has 3 unspecified atom stereocenters. The van der Waals surface area contributed by atoms with E-state index >= 15 is 0 Å². The van der Waals surface area contributed by atoms with Gasteiger partial charge in [-0.3, -0.25) is 9.59 Å². The first-order chi connectivity index (χ1) is 13.9. The lowest BCUT2D eigenvalue weighted by atomic mass is 9.48. The third kappa shape index (κ3) is 3.70. The maximum Gasteiger partial charge on any atom is 0.243 e. The zero-order valence-corrected chi connectivity index (χ0v) is 17.8. The second kappa shape index (κ2) is 8.10. The van der Waals surface area contributed by atoms with Crippen LogP contribution in [0.25, 0.3) is 0 Å². The van der Waals surface area contributed by atoms with Crippen LogP contribution in [0.3, 0.4) is 0 Å². The average molecular weight is 398 g/mol. The van der Waals surface area contributed by atoms with Crippen molar-refractivity contribution in [2.24, 2.45) is 23.0 Å². The summed E-state index contributed by atoms with van der Waals surface area (Å²) >= 11 is 0. The fourth-order valence-corrected chi connectivity index (χ4v) is 6.05. The highest BCUT2D eigenvalue weighted by atomic mass is 16.2. The Morgan fingerprint density at radius 2 is 2.17 bits per heavy atom. The van der Waals surface area contributed by atoms with E-state index in [4.69, 9.17) is 5.73 Å². The third-order valence-electron chi connectivity index (χ3n) is 7.90. The Morgan fingerprint density at radius 1 is 1.34 bits per heavy atom. The van der Waals surface area contributed by atoms with Crippen molar-refractivity contribution in [3.05, 3.63) is 29.3 Å². The van der Waals surface area contributed by atoms with E-state index in [2.05, 4.69) is 42.7 Å². The summed E-state index contributed by atoms with van der Waals surface area (Å²) in [6.07, 6.45) is 7.12. The van der Waals surface area contributed by atoms with E-state index in [-0.39, 0.29) is 23.4 Å². The molecule has 1 aliphatic heterocycles. The van der Waals surface area contributed by atoms with Crippen molar-refractivity contribution >= 4 is 17.4 Å². The number of benzene rings is 1. The Labute approximate surface area is 174 Å². The number of hydrogen-bond donors (Lipinski definition) is 3. The number of fused-ring (bicyclic) bond motifs is 5. The van der Waals surface area contributed by atoms with Crippen LogP contribution in [0.15, 0.2) is 18.2 Å². The molecule has 158 valence electrons. The van der Waals surface area contributed by atoms with Crippen LogP contribution in [-0.2, 0) is 16.0 Å².